The SMILES string of the molecule is Cc1ccc(S(=O)(=O)[C@@H]2CS(=O)(=O)C[C@H]2N2CCCCC2)cc1. The Morgan fingerprint density at radius 1 is 1.00 bits per heavy atom. The fourth-order valence-electron chi connectivity index (χ4n) is 3.59. The van der Waals surface area contributed by atoms with E-state index in [9.17, 15) is 16.8 Å². The van der Waals surface area contributed by atoms with Crippen molar-refractivity contribution >= 4 is 19.7 Å². The largest absolute Gasteiger partial charge is 0.298 e. The molecule has 128 valence electrons. The van der Waals surface area contributed by atoms with Gasteiger partial charge in [-0.05, 0) is 45.0 Å². The van der Waals surface area contributed by atoms with Gasteiger partial charge in [0, 0.05) is 6.04 Å². The van der Waals surface area contributed by atoms with Gasteiger partial charge < -0.3 is 0 Å². The van der Waals surface area contributed by atoms with E-state index in [-0.39, 0.29) is 16.4 Å². The second-order valence-electron chi connectivity index (χ2n) is 6.64. The molecule has 0 bridgehead atoms. The summed E-state index contributed by atoms with van der Waals surface area (Å²) in [6.07, 6.45) is 3.15. The summed E-state index contributed by atoms with van der Waals surface area (Å²) in [7, 11) is -6.96. The highest BCUT2D eigenvalue weighted by molar-refractivity contribution is 7.96. The summed E-state index contributed by atoms with van der Waals surface area (Å²) in [5.74, 6) is -0.298. The molecule has 2 heterocycles. The zero-order valence-electron chi connectivity index (χ0n) is 13.3. The van der Waals surface area contributed by atoms with Crippen molar-refractivity contribution in [3.8, 4) is 0 Å². The predicted octanol–water partition coefficient (Wildman–Crippen LogP) is 1.42. The van der Waals surface area contributed by atoms with E-state index in [4.69, 9.17) is 0 Å². The van der Waals surface area contributed by atoms with Crippen molar-refractivity contribution < 1.29 is 16.8 Å². The highest BCUT2D eigenvalue weighted by Gasteiger charge is 2.48. The summed E-state index contributed by atoms with van der Waals surface area (Å²) in [6.45, 7) is 3.48. The first-order valence-electron chi connectivity index (χ1n) is 8.05. The minimum Gasteiger partial charge on any atom is -0.298 e. The van der Waals surface area contributed by atoms with Crippen molar-refractivity contribution in [2.45, 2.75) is 42.4 Å². The van der Waals surface area contributed by atoms with Crippen LogP contribution in [0.3, 0.4) is 0 Å². The fourth-order valence-corrected chi connectivity index (χ4v) is 8.42. The van der Waals surface area contributed by atoms with Crippen LogP contribution in [-0.4, -0.2) is 57.6 Å². The lowest BCUT2D eigenvalue weighted by atomic mass is 10.1. The Hall–Kier alpha value is -0.920. The molecule has 0 radical (unpaired) electrons. The molecule has 2 saturated heterocycles. The van der Waals surface area contributed by atoms with Gasteiger partial charge in [-0.15, -0.1) is 0 Å². The monoisotopic (exact) mass is 357 g/mol. The number of likely N-dealkylation sites (tertiary alicyclic amines) is 1. The van der Waals surface area contributed by atoms with Crippen LogP contribution in [0.15, 0.2) is 29.2 Å². The van der Waals surface area contributed by atoms with E-state index in [1.807, 2.05) is 6.92 Å². The van der Waals surface area contributed by atoms with E-state index in [0.717, 1.165) is 37.9 Å². The van der Waals surface area contributed by atoms with Gasteiger partial charge in [-0.25, -0.2) is 16.8 Å². The molecule has 0 unspecified atom stereocenters. The molecular weight excluding hydrogens is 334 g/mol. The zero-order valence-corrected chi connectivity index (χ0v) is 14.9. The van der Waals surface area contributed by atoms with Crippen molar-refractivity contribution in [1.82, 2.24) is 4.90 Å². The summed E-state index contributed by atoms with van der Waals surface area (Å²) in [5.41, 5.74) is 0.982. The number of rotatable bonds is 3. The van der Waals surface area contributed by atoms with Gasteiger partial charge in [0.15, 0.2) is 19.7 Å². The molecule has 7 heteroatoms. The summed E-state index contributed by atoms with van der Waals surface area (Å²) >= 11 is 0. The maximum Gasteiger partial charge on any atom is 0.183 e. The van der Waals surface area contributed by atoms with Crippen molar-refractivity contribution in [3.63, 3.8) is 0 Å². The molecule has 0 spiro atoms. The zero-order chi connectivity index (χ0) is 16.7. The summed E-state index contributed by atoms with van der Waals surface area (Å²) in [6, 6.07) is 6.27. The second kappa shape index (κ2) is 6.18. The Labute approximate surface area is 138 Å². The van der Waals surface area contributed by atoms with E-state index in [2.05, 4.69) is 4.90 Å². The number of piperidine rings is 1. The number of benzene rings is 1. The van der Waals surface area contributed by atoms with Crippen molar-refractivity contribution in [1.29, 1.82) is 0 Å². The van der Waals surface area contributed by atoms with E-state index in [1.165, 1.54) is 0 Å². The Morgan fingerprint density at radius 3 is 2.22 bits per heavy atom. The molecule has 1 aromatic carbocycles. The number of hydrogen-bond acceptors (Lipinski definition) is 5. The average Bonchev–Trinajstić information content (AvgIpc) is 2.85. The number of hydrogen-bond donors (Lipinski definition) is 0. The van der Waals surface area contributed by atoms with Crippen LogP contribution in [0.4, 0.5) is 0 Å². The third kappa shape index (κ3) is 3.46. The minimum atomic E-state index is -3.65. The van der Waals surface area contributed by atoms with Gasteiger partial charge in [0.2, 0.25) is 0 Å². The molecule has 1 aromatic rings. The molecule has 3 rings (SSSR count). The fraction of sp³-hybridized carbons (Fsp3) is 0.625. The van der Waals surface area contributed by atoms with Gasteiger partial charge in [-0.2, -0.15) is 0 Å². The minimum absolute atomic E-state index is 0.0389. The highest BCUT2D eigenvalue weighted by atomic mass is 32.2. The molecule has 0 N–H and O–H groups in total. The molecule has 2 aliphatic heterocycles. The van der Waals surface area contributed by atoms with Crippen LogP contribution in [0.2, 0.25) is 0 Å². The van der Waals surface area contributed by atoms with Crippen LogP contribution in [0.1, 0.15) is 24.8 Å². The van der Waals surface area contributed by atoms with Gasteiger partial charge in [-0.1, -0.05) is 24.1 Å². The molecule has 0 amide bonds. The van der Waals surface area contributed by atoms with E-state index in [0.29, 0.717) is 0 Å². The molecule has 2 fully saturated rings. The Morgan fingerprint density at radius 2 is 1.61 bits per heavy atom. The smallest absolute Gasteiger partial charge is 0.183 e. The summed E-state index contributed by atoms with van der Waals surface area (Å²) in [4.78, 5) is 2.30. The lowest BCUT2D eigenvalue weighted by Gasteiger charge is -2.34. The number of nitrogens with zero attached hydrogens (tertiary/aromatic N) is 1. The quantitative estimate of drug-likeness (QED) is 0.818. The van der Waals surface area contributed by atoms with Gasteiger partial charge in [0.1, 0.15) is 0 Å². The highest BCUT2D eigenvalue weighted by Crippen LogP contribution is 2.30. The van der Waals surface area contributed by atoms with E-state index < -0.39 is 31.0 Å². The normalized spacial score (nSPS) is 28.7. The molecule has 0 aromatic heterocycles. The predicted molar refractivity (Wildman–Crippen MR) is 90.0 cm³/mol. The van der Waals surface area contributed by atoms with Crippen LogP contribution >= 0.6 is 0 Å². The number of aryl methyl sites for hydroxylation is 1. The lowest BCUT2D eigenvalue weighted by Crippen LogP contribution is -2.48. The maximum absolute atomic E-state index is 13.0. The van der Waals surface area contributed by atoms with Crippen molar-refractivity contribution in [2.24, 2.45) is 0 Å². The first-order chi connectivity index (χ1) is 10.8. The molecule has 5 nitrogen and oxygen atoms in total. The van der Waals surface area contributed by atoms with Crippen LogP contribution in [0.25, 0.3) is 0 Å². The third-order valence-corrected chi connectivity index (χ3v) is 9.01. The lowest BCUT2D eigenvalue weighted by molar-refractivity contribution is 0.178. The third-order valence-electron chi connectivity index (χ3n) is 4.88. The first-order valence-corrected chi connectivity index (χ1v) is 11.4. The Balaban J connectivity index is 1.95. The van der Waals surface area contributed by atoms with Crippen molar-refractivity contribution in [2.75, 3.05) is 24.6 Å². The summed E-state index contributed by atoms with van der Waals surface area (Å²) < 4.78 is 50.3. The summed E-state index contributed by atoms with van der Waals surface area (Å²) in [5, 5.41) is -0.853. The van der Waals surface area contributed by atoms with Crippen LogP contribution in [0, 0.1) is 6.92 Å². The van der Waals surface area contributed by atoms with Gasteiger partial charge in [0.25, 0.3) is 0 Å². The van der Waals surface area contributed by atoms with Gasteiger partial charge in [-0.3, -0.25) is 4.90 Å². The standard InChI is InChI=1S/C16H23NO4S2/c1-13-5-7-14(8-6-13)23(20,21)16-12-22(18,19)11-15(16)17-9-3-2-4-10-17/h5-8,15-16H,2-4,9-12H2,1H3/t15-,16-/m1/s1. The van der Waals surface area contributed by atoms with Gasteiger partial charge >= 0.3 is 0 Å². The topological polar surface area (TPSA) is 71.5 Å². The Bertz CT molecular complexity index is 763. The van der Waals surface area contributed by atoms with Crippen molar-refractivity contribution in [3.05, 3.63) is 29.8 Å². The first kappa shape index (κ1) is 16.9. The molecule has 23 heavy (non-hydrogen) atoms. The average molecular weight is 357 g/mol. The van der Waals surface area contributed by atoms with Crippen LogP contribution < -0.4 is 0 Å². The second-order valence-corrected chi connectivity index (χ2v) is 11.0. The molecule has 0 saturated carbocycles. The molecular formula is C16H23NO4S2. The van der Waals surface area contributed by atoms with E-state index >= 15 is 0 Å². The van der Waals surface area contributed by atoms with Crippen LogP contribution in [0.5, 0.6) is 0 Å². The number of sulfone groups is 2. The Kier molecular flexibility index (Phi) is 4.55. The molecule has 0 aliphatic carbocycles. The molecule has 2 aliphatic rings. The van der Waals surface area contributed by atoms with E-state index in [1.54, 1.807) is 24.3 Å². The van der Waals surface area contributed by atoms with Gasteiger partial charge in [0.05, 0.1) is 21.7 Å². The molecule has 2 atom stereocenters. The maximum atomic E-state index is 13.0. The van der Waals surface area contributed by atoms with Crippen LogP contribution in [-0.2, 0) is 19.7 Å².